The maximum Gasteiger partial charge on any atom is 0.234 e. The largest absolute Gasteiger partial charge is 0.463 e. The number of piperazine rings is 1. The number of aryl methyl sites for hydroxylation is 1. The second kappa shape index (κ2) is 10.2. The molecule has 35 heavy (non-hydrogen) atoms. The van der Waals surface area contributed by atoms with Crippen LogP contribution in [0.25, 0.3) is 17.1 Å². The first-order valence-electron chi connectivity index (χ1n) is 12.1. The lowest BCUT2D eigenvalue weighted by molar-refractivity contribution is -0.122. The van der Waals surface area contributed by atoms with Crippen LogP contribution in [0.1, 0.15) is 16.8 Å². The number of para-hydroxylation sites is 1. The number of benzene rings is 2. The smallest absolute Gasteiger partial charge is 0.234 e. The fourth-order valence-corrected chi connectivity index (χ4v) is 4.56. The molecule has 5 rings (SSSR count). The third-order valence-electron chi connectivity index (χ3n) is 6.66. The third-order valence-corrected chi connectivity index (χ3v) is 6.66. The molecule has 180 valence electrons. The van der Waals surface area contributed by atoms with Crippen molar-refractivity contribution in [3.63, 3.8) is 0 Å². The van der Waals surface area contributed by atoms with E-state index in [4.69, 9.17) is 9.52 Å². The van der Waals surface area contributed by atoms with Crippen LogP contribution in [0.4, 0.5) is 5.69 Å². The molecule has 0 unspecified atom stereocenters. The number of hydrogen-bond donors (Lipinski definition) is 1. The van der Waals surface area contributed by atoms with Gasteiger partial charge >= 0.3 is 0 Å². The normalized spacial score (nSPS) is 14.3. The van der Waals surface area contributed by atoms with Crippen molar-refractivity contribution in [2.24, 2.45) is 0 Å². The zero-order valence-corrected chi connectivity index (χ0v) is 20.3. The van der Waals surface area contributed by atoms with Gasteiger partial charge in [0.25, 0.3) is 0 Å². The maximum atomic E-state index is 12.7. The summed E-state index contributed by atoms with van der Waals surface area (Å²) in [4.78, 5) is 17.3. The van der Waals surface area contributed by atoms with Crippen LogP contribution in [0, 0.1) is 13.8 Å². The monoisotopic (exact) mass is 469 g/mol. The summed E-state index contributed by atoms with van der Waals surface area (Å²) in [5.41, 5.74) is 6.53. The highest BCUT2D eigenvalue weighted by atomic mass is 16.3. The minimum Gasteiger partial charge on any atom is -0.463 e. The van der Waals surface area contributed by atoms with Crippen LogP contribution < -0.4 is 10.2 Å². The van der Waals surface area contributed by atoms with Crippen LogP contribution in [-0.2, 0) is 11.3 Å². The van der Waals surface area contributed by atoms with Gasteiger partial charge in [-0.05, 0) is 61.4 Å². The van der Waals surface area contributed by atoms with Gasteiger partial charge in [-0.2, -0.15) is 5.10 Å². The SMILES string of the molecule is Cc1cccc(N2CCN(CC(=O)NCc3cc(-c4ccco4)n(-c4ccccc4)n3)CC2)c1C. The lowest BCUT2D eigenvalue weighted by atomic mass is 10.1. The summed E-state index contributed by atoms with van der Waals surface area (Å²) in [5.74, 6) is 0.750. The fraction of sp³-hybridized carbons (Fsp3) is 0.286. The molecule has 1 saturated heterocycles. The van der Waals surface area contributed by atoms with Crippen LogP contribution in [-0.4, -0.2) is 53.3 Å². The quantitative estimate of drug-likeness (QED) is 0.440. The van der Waals surface area contributed by atoms with Gasteiger partial charge in [0.05, 0.1) is 30.7 Å². The molecule has 0 bridgehead atoms. The molecule has 7 heteroatoms. The molecule has 1 aliphatic rings. The predicted octanol–water partition coefficient (Wildman–Crippen LogP) is 4.19. The Morgan fingerprint density at radius 2 is 1.77 bits per heavy atom. The maximum absolute atomic E-state index is 12.7. The number of rotatable bonds is 7. The van der Waals surface area contributed by atoms with E-state index in [-0.39, 0.29) is 5.91 Å². The lowest BCUT2D eigenvalue weighted by Crippen LogP contribution is -2.49. The molecule has 3 heterocycles. The van der Waals surface area contributed by atoms with E-state index in [9.17, 15) is 4.79 Å². The summed E-state index contributed by atoms with van der Waals surface area (Å²) in [6.45, 7) is 8.68. The minimum absolute atomic E-state index is 0.0130. The van der Waals surface area contributed by atoms with Gasteiger partial charge in [-0.15, -0.1) is 0 Å². The number of carbonyl (C=O) groups is 1. The highest BCUT2D eigenvalue weighted by Crippen LogP contribution is 2.25. The first-order valence-corrected chi connectivity index (χ1v) is 12.1. The van der Waals surface area contributed by atoms with E-state index >= 15 is 0 Å². The number of nitrogens with zero attached hydrogens (tertiary/aromatic N) is 4. The van der Waals surface area contributed by atoms with Crippen molar-refractivity contribution < 1.29 is 9.21 Å². The van der Waals surface area contributed by atoms with E-state index in [0.717, 1.165) is 49.0 Å². The van der Waals surface area contributed by atoms with Gasteiger partial charge < -0.3 is 14.6 Å². The first kappa shape index (κ1) is 22.9. The number of nitrogens with one attached hydrogen (secondary N) is 1. The summed E-state index contributed by atoms with van der Waals surface area (Å²) in [6.07, 6.45) is 1.65. The average molecular weight is 470 g/mol. The summed E-state index contributed by atoms with van der Waals surface area (Å²) >= 11 is 0. The lowest BCUT2D eigenvalue weighted by Gasteiger charge is -2.36. The summed E-state index contributed by atoms with van der Waals surface area (Å²) in [6, 6.07) is 22.1. The van der Waals surface area contributed by atoms with Crippen molar-refractivity contribution in [3.8, 4) is 17.1 Å². The Hall–Kier alpha value is -3.84. The molecular formula is C28H31N5O2. The molecule has 1 N–H and O–H groups in total. The molecule has 0 atom stereocenters. The molecule has 1 aliphatic heterocycles. The van der Waals surface area contributed by atoms with E-state index < -0.39 is 0 Å². The van der Waals surface area contributed by atoms with Gasteiger partial charge in [0, 0.05) is 31.9 Å². The van der Waals surface area contributed by atoms with Crippen LogP contribution >= 0.6 is 0 Å². The molecule has 0 spiro atoms. The Morgan fingerprint density at radius 1 is 0.971 bits per heavy atom. The summed E-state index contributed by atoms with van der Waals surface area (Å²) in [5, 5.41) is 7.78. The molecule has 1 amide bonds. The van der Waals surface area contributed by atoms with E-state index in [2.05, 4.69) is 47.2 Å². The number of hydrogen-bond acceptors (Lipinski definition) is 5. The number of furan rings is 1. The molecule has 2 aromatic heterocycles. The van der Waals surface area contributed by atoms with Gasteiger partial charge in [-0.1, -0.05) is 30.3 Å². The van der Waals surface area contributed by atoms with Crippen molar-refractivity contribution in [1.82, 2.24) is 20.0 Å². The highest BCUT2D eigenvalue weighted by molar-refractivity contribution is 5.78. The fourth-order valence-electron chi connectivity index (χ4n) is 4.56. The number of anilines is 1. The molecule has 0 saturated carbocycles. The first-order chi connectivity index (χ1) is 17.1. The summed E-state index contributed by atoms with van der Waals surface area (Å²) < 4.78 is 7.47. The molecule has 4 aromatic rings. The predicted molar refractivity (Wildman–Crippen MR) is 138 cm³/mol. The van der Waals surface area contributed by atoms with Crippen molar-refractivity contribution in [1.29, 1.82) is 0 Å². The Labute approximate surface area is 206 Å². The van der Waals surface area contributed by atoms with E-state index in [1.807, 2.05) is 53.2 Å². The van der Waals surface area contributed by atoms with Gasteiger partial charge in [-0.3, -0.25) is 9.69 Å². The van der Waals surface area contributed by atoms with Gasteiger partial charge in [-0.25, -0.2) is 4.68 Å². The Balaban J connectivity index is 1.18. The molecule has 0 radical (unpaired) electrons. The number of carbonyl (C=O) groups excluding carboxylic acids is 1. The zero-order valence-electron chi connectivity index (χ0n) is 20.3. The minimum atomic E-state index is 0.0130. The van der Waals surface area contributed by atoms with Crippen molar-refractivity contribution in [3.05, 3.63) is 89.8 Å². The second-order valence-corrected chi connectivity index (χ2v) is 9.00. The van der Waals surface area contributed by atoms with E-state index in [0.29, 0.717) is 13.1 Å². The van der Waals surface area contributed by atoms with Crippen molar-refractivity contribution in [2.45, 2.75) is 20.4 Å². The standard InChI is InChI=1S/C28H31N5O2/c1-21-8-6-11-25(22(21)2)32-15-13-31(14-16-32)20-28(34)29-19-23-18-26(27-12-7-17-35-27)33(30-23)24-9-4-3-5-10-24/h3-12,17-18H,13-16,19-20H2,1-2H3,(H,29,34). The molecule has 0 aliphatic carbocycles. The second-order valence-electron chi connectivity index (χ2n) is 9.00. The van der Waals surface area contributed by atoms with Gasteiger partial charge in [0.1, 0.15) is 5.69 Å². The van der Waals surface area contributed by atoms with Crippen LogP contribution in [0.15, 0.2) is 77.4 Å². The highest BCUT2D eigenvalue weighted by Gasteiger charge is 2.21. The Morgan fingerprint density at radius 3 is 2.51 bits per heavy atom. The van der Waals surface area contributed by atoms with Crippen LogP contribution in [0.2, 0.25) is 0 Å². The van der Waals surface area contributed by atoms with Crippen LogP contribution in [0.3, 0.4) is 0 Å². The topological polar surface area (TPSA) is 66.5 Å². The number of amides is 1. The molecular weight excluding hydrogens is 438 g/mol. The van der Waals surface area contributed by atoms with Crippen LogP contribution in [0.5, 0.6) is 0 Å². The van der Waals surface area contributed by atoms with Gasteiger partial charge in [0.2, 0.25) is 5.91 Å². The average Bonchev–Trinajstić information content (AvgIpc) is 3.56. The van der Waals surface area contributed by atoms with Crippen molar-refractivity contribution >= 4 is 11.6 Å². The third kappa shape index (κ3) is 5.15. The summed E-state index contributed by atoms with van der Waals surface area (Å²) in [7, 11) is 0. The van der Waals surface area contributed by atoms with Gasteiger partial charge in [0.15, 0.2) is 5.76 Å². The van der Waals surface area contributed by atoms with Crippen molar-refractivity contribution in [2.75, 3.05) is 37.6 Å². The Bertz CT molecular complexity index is 1270. The Kier molecular flexibility index (Phi) is 6.68. The number of aromatic nitrogens is 2. The van der Waals surface area contributed by atoms with E-state index in [1.165, 1.54) is 16.8 Å². The zero-order chi connectivity index (χ0) is 24.2. The van der Waals surface area contributed by atoms with E-state index in [1.54, 1.807) is 6.26 Å². The molecule has 2 aromatic carbocycles. The molecule has 7 nitrogen and oxygen atoms in total. The molecule has 1 fully saturated rings.